The number of fused-ring (bicyclic) bond motifs is 1. The van der Waals surface area contributed by atoms with Crippen LogP contribution in [-0.2, 0) is 11.8 Å². The molecule has 1 unspecified atom stereocenters. The second-order valence-electron chi connectivity index (χ2n) is 9.89. The van der Waals surface area contributed by atoms with Crippen molar-refractivity contribution in [3.8, 4) is 11.5 Å². The van der Waals surface area contributed by atoms with Gasteiger partial charge in [0.25, 0.3) is 11.8 Å². The smallest absolute Gasteiger partial charge is 0.270 e. The van der Waals surface area contributed by atoms with Gasteiger partial charge in [0.05, 0.1) is 7.11 Å². The molecule has 0 aliphatic carbocycles. The Morgan fingerprint density at radius 3 is 2.20 bits per heavy atom. The molecule has 0 N–H and O–H groups in total. The number of carbonyl (C=O) groups is 2. The SMILES string of the molecule is COc1ccc(OC(C)C(=O)N2CCC3(CCN(C(=O)c4cc5ccccc5n4C)CC3)C2)cc1. The summed E-state index contributed by atoms with van der Waals surface area (Å²) in [5.74, 6) is 1.52. The lowest BCUT2D eigenvalue weighted by Gasteiger charge is -2.39. The fraction of sp³-hybridized carbons (Fsp3) is 0.429. The van der Waals surface area contributed by atoms with E-state index in [2.05, 4.69) is 0 Å². The van der Waals surface area contributed by atoms with Gasteiger partial charge in [0, 0.05) is 44.1 Å². The van der Waals surface area contributed by atoms with Gasteiger partial charge in [-0.3, -0.25) is 9.59 Å². The highest BCUT2D eigenvalue weighted by molar-refractivity contribution is 5.98. The Kier molecular flexibility index (Phi) is 6.17. The van der Waals surface area contributed by atoms with Crippen LogP contribution in [0.2, 0.25) is 0 Å². The van der Waals surface area contributed by atoms with E-state index in [0.717, 1.165) is 67.8 Å². The number of carbonyl (C=O) groups excluding carboxylic acids is 2. The van der Waals surface area contributed by atoms with Crippen molar-refractivity contribution < 1.29 is 19.1 Å². The molecule has 184 valence electrons. The Bertz CT molecular complexity index is 1220. The van der Waals surface area contributed by atoms with Crippen molar-refractivity contribution in [1.82, 2.24) is 14.4 Å². The second-order valence-corrected chi connectivity index (χ2v) is 9.89. The highest BCUT2D eigenvalue weighted by atomic mass is 16.5. The maximum absolute atomic E-state index is 13.3. The third-order valence-electron chi connectivity index (χ3n) is 7.75. The predicted molar refractivity (Wildman–Crippen MR) is 135 cm³/mol. The van der Waals surface area contributed by atoms with Crippen LogP contribution in [0.25, 0.3) is 10.9 Å². The minimum Gasteiger partial charge on any atom is -0.497 e. The summed E-state index contributed by atoms with van der Waals surface area (Å²) in [6.07, 6.45) is 2.26. The highest BCUT2D eigenvalue weighted by Gasteiger charge is 2.43. The summed E-state index contributed by atoms with van der Waals surface area (Å²) < 4.78 is 13.1. The monoisotopic (exact) mass is 475 g/mol. The highest BCUT2D eigenvalue weighted by Crippen LogP contribution is 2.41. The van der Waals surface area contributed by atoms with E-state index in [1.807, 2.05) is 82.9 Å². The zero-order valence-electron chi connectivity index (χ0n) is 20.7. The molecule has 2 fully saturated rings. The Morgan fingerprint density at radius 2 is 1.54 bits per heavy atom. The van der Waals surface area contributed by atoms with Crippen LogP contribution in [0.4, 0.5) is 0 Å². The molecule has 2 aliphatic rings. The molecule has 35 heavy (non-hydrogen) atoms. The normalized spacial score (nSPS) is 18.1. The quantitative estimate of drug-likeness (QED) is 0.557. The van der Waals surface area contributed by atoms with Crippen molar-refractivity contribution in [2.24, 2.45) is 12.5 Å². The summed E-state index contributed by atoms with van der Waals surface area (Å²) in [5, 5.41) is 1.09. The van der Waals surface area contributed by atoms with Gasteiger partial charge in [0.15, 0.2) is 6.10 Å². The number of hydrogen-bond donors (Lipinski definition) is 0. The van der Waals surface area contributed by atoms with E-state index in [0.29, 0.717) is 5.75 Å². The van der Waals surface area contributed by atoms with E-state index in [-0.39, 0.29) is 17.2 Å². The molecule has 5 rings (SSSR count). The molecule has 2 aliphatic heterocycles. The van der Waals surface area contributed by atoms with E-state index < -0.39 is 6.10 Å². The van der Waals surface area contributed by atoms with Gasteiger partial charge in [-0.25, -0.2) is 0 Å². The third-order valence-corrected chi connectivity index (χ3v) is 7.75. The van der Waals surface area contributed by atoms with Gasteiger partial charge < -0.3 is 23.8 Å². The summed E-state index contributed by atoms with van der Waals surface area (Å²) in [6.45, 7) is 4.73. The van der Waals surface area contributed by atoms with Crippen LogP contribution in [0.5, 0.6) is 11.5 Å². The van der Waals surface area contributed by atoms with Gasteiger partial charge in [-0.2, -0.15) is 0 Å². The van der Waals surface area contributed by atoms with E-state index in [4.69, 9.17) is 9.47 Å². The van der Waals surface area contributed by atoms with Gasteiger partial charge in [-0.15, -0.1) is 0 Å². The van der Waals surface area contributed by atoms with Crippen LogP contribution in [0, 0.1) is 5.41 Å². The zero-order valence-corrected chi connectivity index (χ0v) is 20.7. The first-order chi connectivity index (χ1) is 16.9. The van der Waals surface area contributed by atoms with Crippen LogP contribution >= 0.6 is 0 Å². The van der Waals surface area contributed by atoms with Crippen LogP contribution in [0.15, 0.2) is 54.6 Å². The van der Waals surface area contributed by atoms with Gasteiger partial charge in [0.1, 0.15) is 17.2 Å². The second kappa shape index (κ2) is 9.29. The number of hydrogen-bond acceptors (Lipinski definition) is 4. The molecule has 3 aromatic rings. The molecule has 3 heterocycles. The number of rotatable bonds is 5. The Hall–Kier alpha value is -3.48. The summed E-state index contributed by atoms with van der Waals surface area (Å²) in [7, 11) is 3.58. The molecule has 1 atom stereocenters. The van der Waals surface area contributed by atoms with Gasteiger partial charge in [0.2, 0.25) is 0 Å². The number of ether oxygens (including phenoxy) is 2. The average molecular weight is 476 g/mol. The largest absolute Gasteiger partial charge is 0.497 e. The van der Waals surface area contributed by atoms with E-state index in [1.165, 1.54) is 0 Å². The fourth-order valence-corrected chi connectivity index (χ4v) is 5.54. The Labute approximate surface area is 206 Å². The fourth-order valence-electron chi connectivity index (χ4n) is 5.54. The number of methoxy groups -OCH3 is 1. The minimum atomic E-state index is -0.549. The van der Waals surface area contributed by atoms with Crippen molar-refractivity contribution in [3.63, 3.8) is 0 Å². The maximum Gasteiger partial charge on any atom is 0.270 e. The van der Waals surface area contributed by atoms with Crippen molar-refractivity contribution >= 4 is 22.7 Å². The topological polar surface area (TPSA) is 64.0 Å². The van der Waals surface area contributed by atoms with Crippen molar-refractivity contribution in [3.05, 3.63) is 60.3 Å². The average Bonchev–Trinajstić information content (AvgIpc) is 3.45. The van der Waals surface area contributed by atoms with E-state index in [9.17, 15) is 9.59 Å². The van der Waals surface area contributed by atoms with E-state index in [1.54, 1.807) is 7.11 Å². The zero-order chi connectivity index (χ0) is 24.6. The van der Waals surface area contributed by atoms with Crippen LogP contribution in [0.1, 0.15) is 36.7 Å². The number of likely N-dealkylation sites (tertiary alicyclic amines) is 2. The third kappa shape index (κ3) is 4.47. The molecule has 0 bridgehead atoms. The first kappa shape index (κ1) is 23.3. The van der Waals surface area contributed by atoms with Gasteiger partial charge in [-0.05, 0) is 68.0 Å². The number of para-hydroxylation sites is 1. The summed E-state index contributed by atoms with van der Waals surface area (Å²) in [5.41, 5.74) is 1.89. The van der Waals surface area contributed by atoms with Crippen molar-refractivity contribution in [2.45, 2.75) is 32.3 Å². The molecule has 7 nitrogen and oxygen atoms in total. The van der Waals surface area contributed by atoms with Gasteiger partial charge >= 0.3 is 0 Å². The van der Waals surface area contributed by atoms with Crippen molar-refractivity contribution in [1.29, 1.82) is 0 Å². The van der Waals surface area contributed by atoms with Crippen LogP contribution in [-0.4, -0.2) is 65.6 Å². The molecule has 0 saturated carbocycles. The number of aromatic nitrogens is 1. The first-order valence-electron chi connectivity index (χ1n) is 12.3. The van der Waals surface area contributed by atoms with Gasteiger partial charge in [-0.1, -0.05) is 18.2 Å². The number of aryl methyl sites for hydroxylation is 1. The summed E-state index contributed by atoms with van der Waals surface area (Å²) in [4.78, 5) is 30.3. The van der Waals surface area contributed by atoms with Crippen molar-refractivity contribution in [2.75, 3.05) is 33.3 Å². The minimum absolute atomic E-state index is 0.0201. The Morgan fingerprint density at radius 1 is 0.914 bits per heavy atom. The number of amides is 2. The molecule has 2 aromatic carbocycles. The summed E-state index contributed by atoms with van der Waals surface area (Å²) in [6, 6.07) is 17.3. The molecule has 1 spiro atoms. The molecule has 0 radical (unpaired) electrons. The lowest BCUT2D eigenvalue weighted by atomic mass is 9.77. The molecule has 1 aromatic heterocycles. The molecule has 2 saturated heterocycles. The molecular weight excluding hydrogens is 442 g/mol. The number of benzene rings is 2. The van der Waals surface area contributed by atoms with Crippen LogP contribution in [0.3, 0.4) is 0 Å². The number of nitrogens with zero attached hydrogens (tertiary/aromatic N) is 3. The molecular formula is C28H33N3O4. The predicted octanol–water partition coefficient (Wildman–Crippen LogP) is 4.11. The van der Waals surface area contributed by atoms with E-state index >= 15 is 0 Å². The molecule has 2 amide bonds. The molecule has 7 heteroatoms. The Balaban J connectivity index is 1.17. The lowest BCUT2D eigenvalue weighted by molar-refractivity contribution is -0.137. The lowest BCUT2D eigenvalue weighted by Crippen LogP contribution is -2.46. The first-order valence-corrected chi connectivity index (χ1v) is 12.3. The maximum atomic E-state index is 13.3. The van der Waals surface area contributed by atoms with Crippen LogP contribution < -0.4 is 9.47 Å². The summed E-state index contributed by atoms with van der Waals surface area (Å²) >= 11 is 0. The number of piperidine rings is 1. The standard InChI is InChI=1S/C28H33N3O4/c1-20(35-23-10-8-22(34-3)9-11-23)26(32)31-17-14-28(19-31)12-15-30(16-13-28)27(33)25-18-21-6-4-5-7-24(21)29(25)2/h4-11,18,20H,12-17,19H2,1-3H3.